The van der Waals surface area contributed by atoms with E-state index in [0.29, 0.717) is 24.3 Å². The summed E-state index contributed by atoms with van der Waals surface area (Å²) >= 11 is 0. The minimum atomic E-state index is -0.0372. The summed E-state index contributed by atoms with van der Waals surface area (Å²) in [6.07, 6.45) is 1.14. The third-order valence-corrected chi connectivity index (χ3v) is 9.11. The van der Waals surface area contributed by atoms with Crippen LogP contribution in [0.4, 0.5) is 5.69 Å². The quantitative estimate of drug-likeness (QED) is 0.278. The molecule has 3 aromatic carbocycles. The molecule has 0 atom stereocenters. The van der Waals surface area contributed by atoms with Gasteiger partial charge in [0.15, 0.2) is 0 Å². The molecular formula is C37H43N5O2. The largest absolute Gasteiger partial charge is 0.335 e. The number of carbonyl (C=O) groups is 2. The minimum Gasteiger partial charge on any atom is -0.335 e. The van der Waals surface area contributed by atoms with Crippen LogP contribution in [0.25, 0.3) is 11.1 Å². The Morgan fingerprint density at radius 2 is 1.48 bits per heavy atom. The first kappa shape index (κ1) is 29.9. The minimum absolute atomic E-state index is 0.0372. The first-order valence-corrected chi connectivity index (χ1v) is 15.7. The molecule has 0 N–H and O–H groups in total. The molecule has 3 heterocycles. The second-order valence-corrected chi connectivity index (χ2v) is 12.5. The molecule has 1 fully saturated rings. The fraction of sp³-hybridized carbons (Fsp3) is 0.351. The van der Waals surface area contributed by atoms with Crippen molar-refractivity contribution in [3.63, 3.8) is 0 Å². The highest BCUT2D eigenvalue weighted by atomic mass is 16.2. The molecule has 2 aliphatic heterocycles. The molecule has 0 unspecified atom stereocenters. The number of aromatic nitrogens is 1. The molecule has 7 heteroatoms. The number of aryl methyl sites for hydroxylation is 2. The Bertz CT molecular complexity index is 1660. The van der Waals surface area contributed by atoms with Gasteiger partial charge >= 0.3 is 0 Å². The number of amides is 2. The number of carbonyl (C=O) groups excluding carboxylic acids is 2. The number of anilines is 1. The fourth-order valence-corrected chi connectivity index (χ4v) is 6.60. The van der Waals surface area contributed by atoms with Crippen LogP contribution in [0.5, 0.6) is 0 Å². The number of hydrogen-bond acceptors (Lipinski definition) is 4. The second-order valence-electron chi connectivity index (χ2n) is 12.5. The van der Waals surface area contributed by atoms with Crippen LogP contribution in [0.2, 0.25) is 0 Å². The van der Waals surface area contributed by atoms with Gasteiger partial charge < -0.3 is 19.3 Å². The van der Waals surface area contributed by atoms with Crippen molar-refractivity contribution < 1.29 is 9.59 Å². The van der Waals surface area contributed by atoms with Crippen molar-refractivity contribution in [2.75, 3.05) is 58.3 Å². The molecule has 2 amide bonds. The van der Waals surface area contributed by atoms with E-state index in [1.807, 2.05) is 58.3 Å². The summed E-state index contributed by atoms with van der Waals surface area (Å²) in [7, 11) is 4.21. The normalized spacial score (nSPS) is 15.2. The summed E-state index contributed by atoms with van der Waals surface area (Å²) < 4.78 is 2.12. The smallest absolute Gasteiger partial charge is 0.270 e. The van der Waals surface area contributed by atoms with Crippen LogP contribution in [0.3, 0.4) is 0 Å². The first-order valence-electron chi connectivity index (χ1n) is 15.7. The molecule has 0 spiro atoms. The summed E-state index contributed by atoms with van der Waals surface area (Å²) in [6, 6.07) is 26.4. The van der Waals surface area contributed by atoms with E-state index in [-0.39, 0.29) is 11.8 Å². The van der Waals surface area contributed by atoms with Gasteiger partial charge in [-0.05, 0) is 106 Å². The van der Waals surface area contributed by atoms with E-state index in [1.54, 1.807) is 0 Å². The maximum Gasteiger partial charge on any atom is 0.270 e. The molecule has 1 saturated heterocycles. The summed E-state index contributed by atoms with van der Waals surface area (Å²) in [5, 5.41) is 0. The average molecular weight is 590 g/mol. The van der Waals surface area contributed by atoms with E-state index < -0.39 is 0 Å². The van der Waals surface area contributed by atoms with Crippen molar-refractivity contribution in [1.29, 1.82) is 0 Å². The van der Waals surface area contributed by atoms with Crippen molar-refractivity contribution in [2.45, 2.75) is 33.4 Å². The number of nitrogens with zero attached hydrogens (tertiary/aromatic N) is 5. The van der Waals surface area contributed by atoms with Gasteiger partial charge in [0.1, 0.15) is 5.69 Å². The third kappa shape index (κ3) is 6.07. The van der Waals surface area contributed by atoms with Crippen LogP contribution < -0.4 is 4.90 Å². The van der Waals surface area contributed by atoms with Gasteiger partial charge in [-0.25, -0.2) is 0 Å². The van der Waals surface area contributed by atoms with Gasteiger partial charge in [0.05, 0.1) is 13.1 Å². The number of rotatable bonds is 7. The zero-order chi connectivity index (χ0) is 30.8. The Kier molecular flexibility index (Phi) is 8.69. The maximum atomic E-state index is 14.2. The molecule has 4 aromatic rings. The zero-order valence-electron chi connectivity index (χ0n) is 26.4. The van der Waals surface area contributed by atoms with Gasteiger partial charge in [0, 0.05) is 43.1 Å². The van der Waals surface area contributed by atoms with Gasteiger partial charge in [-0.15, -0.1) is 0 Å². The molecule has 0 saturated carbocycles. The van der Waals surface area contributed by atoms with Crippen LogP contribution in [-0.4, -0.2) is 84.4 Å². The van der Waals surface area contributed by atoms with Crippen LogP contribution in [0.1, 0.15) is 49.7 Å². The van der Waals surface area contributed by atoms with E-state index >= 15 is 0 Å². The predicted octanol–water partition coefficient (Wildman–Crippen LogP) is 5.69. The lowest BCUT2D eigenvalue weighted by Crippen LogP contribution is -2.49. The van der Waals surface area contributed by atoms with Gasteiger partial charge in [-0.2, -0.15) is 0 Å². The summed E-state index contributed by atoms with van der Waals surface area (Å²) in [6.45, 7) is 10.6. The molecule has 0 aliphatic carbocycles. The summed E-state index contributed by atoms with van der Waals surface area (Å²) in [5.74, 6) is 0.0358. The number of para-hydroxylation sites is 1. The highest BCUT2D eigenvalue weighted by Crippen LogP contribution is 2.32. The molecule has 6 rings (SSSR count). The highest BCUT2D eigenvalue weighted by molar-refractivity contribution is 6.07. The monoisotopic (exact) mass is 589 g/mol. The topological polar surface area (TPSA) is 52.0 Å². The van der Waals surface area contributed by atoms with Crippen molar-refractivity contribution in [3.8, 4) is 11.1 Å². The molecule has 7 nitrogen and oxygen atoms in total. The Labute approximate surface area is 261 Å². The van der Waals surface area contributed by atoms with Gasteiger partial charge in [0.25, 0.3) is 11.8 Å². The SMILES string of the molecule is Cc1ccccc1-c1ccc(C(=O)N2Cc3ccc(C(=O)N4CCN(CCCN(C)C)CC4)n3Cc3ccccc32)cc1C. The molecule has 0 bridgehead atoms. The predicted molar refractivity (Wildman–Crippen MR) is 177 cm³/mol. The van der Waals surface area contributed by atoms with E-state index in [9.17, 15) is 9.59 Å². The van der Waals surface area contributed by atoms with Crippen molar-refractivity contribution in [1.82, 2.24) is 19.3 Å². The number of hydrogen-bond donors (Lipinski definition) is 0. The second kappa shape index (κ2) is 12.8. The van der Waals surface area contributed by atoms with Gasteiger partial charge in [-0.1, -0.05) is 48.5 Å². The van der Waals surface area contributed by atoms with Crippen molar-refractivity contribution in [3.05, 3.63) is 113 Å². The lowest BCUT2D eigenvalue weighted by molar-refractivity contribution is 0.0623. The molecule has 2 aliphatic rings. The average Bonchev–Trinajstić information content (AvgIpc) is 3.33. The van der Waals surface area contributed by atoms with Crippen LogP contribution in [-0.2, 0) is 13.1 Å². The Balaban J connectivity index is 1.23. The van der Waals surface area contributed by atoms with E-state index in [4.69, 9.17) is 0 Å². The summed E-state index contributed by atoms with van der Waals surface area (Å²) in [5.41, 5.74) is 8.86. The Morgan fingerprint density at radius 3 is 2.23 bits per heavy atom. The Morgan fingerprint density at radius 1 is 0.750 bits per heavy atom. The highest BCUT2D eigenvalue weighted by Gasteiger charge is 2.30. The van der Waals surface area contributed by atoms with E-state index in [0.717, 1.165) is 73.8 Å². The van der Waals surface area contributed by atoms with Crippen molar-refractivity contribution in [2.24, 2.45) is 0 Å². The molecule has 228 valence electrons. The number of piperazine rings is 1. The number of benzene rings is 3. The van der Waals surface area contributed by atoms with Crippen LogP contribution in [0.15, 0.2) is 78.9 Å². The molecule has 0 radical (unpaired) electrons. The Hall–Kier alpha value is -4.20. The van der Waals surface area contributed by atoms with Crippen LogP contribution in [0, 0.1) is 13.8 Å². The summed E-state index contributed by atoms with van der Waals surface area (Å²) in [4.78, 5) is 36.5. The fourth-order valence-electron chi connectivity index (χ4n) is 6.60. The van der Waals surface area contributed by atoms with Gasteiger partial charge in [-0.3, -0.25) is 14.5 Å². The lowest BCUT2D eigenvalue weighted by atomic mass is 9.95. The van der Waals surface area contributed by atoms with Gasteiger partial charge in [0.2, 0.25) is 0 Å². The van der Waals surface area contributed by atoms with Crippen LogP contribution >= 0.6 is 0 Å². The third-order valence-electron chi connectivity index (χ3n) is 9.11. The van der Waals surface area contributed by atoms with Crippen molar-refractivity contribution >= 4 is 17.5 Å². The standard InChI is InChI=1S/C37H43N5O2/c1-27-10-5-7-12-32(27)33-16-14-29(24-28(33)2)36(43)42-26-31-15-17-35(41(31)25-30-11-6-8-13-34(30)42)37(44)40-22-20-39(21-23-40)19-9-18-38(3)4/h5-8,10-17,24H,9,18-23,25-26H2,1-4H3. The molecule has 1 aromatic heterocycles. The maximum absolute atomic E-state index is 14.2. The first-order chi connectivity index (χ1) is 21.3. The molecular weight excluding hydrogens is 546 g/mol. The molecule has 44 heavy (non-hydrogen) atoms. The zero-order valence-corrected chi connectivity index (χ0v) is 26.4. The number of fused-ring (bicyclic) bond motifs is 2. The van der Waals surface area contributed by atoms with E-state index in [2.05, 4.69) is 72.6 Å². The van der Waals surface area contributed by atoms with E-state index in [1.165, 1.54) is 11.1 Å². The lowest BCUT2D eigenvalue weighted by Gasteiger charge is -2.35.